The van der Waals surface area contributed by atoms with E-state index < -0.39 is 41.3 Å². The van der Waals surface area contributed by atoms with Gasteiger partial charge in [-0.2, -0.15) is 26.3 Å². The molecule has 1 aliphatic rings. The summed E-state index contributed by atoms with van der Waals surface area (Å²) in [6.07, 6.45) is -11.1. The number of aryl methyl sites for hydroxylation is 1. The van der Waals surface area contributed by atoms with E-state index in [1.807, 2.05) is 0 Å². The highest BCUT2D eigenvalue weighted by Crippen LogP contribution is 2.53. The summed E-state index contributed by atoms with van der Waals surface area (Å²) in [5.74, 6) is -2.11. The normalized spacial score (nSPS) is 14.2. The lowest BCUT2D eigenvalue weighted by Gasteiger charge is -2.30. The van der Waals surface area contributed by atoms with Crippen molar-refractivity contribution in [3.8, 4) is 0 Å². The molecule has 0 aromatic heterocycles. The average molecular weight is 519 g/mol. The summed E-state index contributed by atoms with van der Waals surface area (Å²) in [5.41, 5.74) is -8.19. The Hall–Kier alpha value is -3.64. The Bertz CT molecular complexity index is 1190. The molecule has 13 heteroatoms. The second-order valence-electron chi connectivity index (χ2n) is 8.29. The van der Waals surface area contributed by atoms with Crippen molar-refractivity contribution in [1.29, 1.82) is 0 Å². The summed E-state index contributed by atoms with van der Waals surface area (Å²) in [6, 6.07) is 5.23. The van der Waals surface area contributed by atoms with Crippen LogP contribution in [0, 0.1) is 6.92 Å². The topological polar surface area (TPSA) is 87.3 Å². The van der Waals surface area contributed by atoms with E-state index in [0.717, 1.165) is 19.8 Å². The van der Waals surface area contributed by atoms with Crippen LogP contribution in [-0.4, -0.2) is 36.1 Å². The Kier molecular flexibility index (Phi) is 7.06. The number of hydrogen-bond donors (Lipinski definition) is 3. The lowest BCUT2D eigenvalue weighted by Crippen LogP contribution is -2.50. The minimum absolute atomic E-state index is 0.0259. The van der Waals surface area contributed by atoms with Crippen LogP contribution >= 0.6 is 0 Å². The van der Waals surface area contributed by atoms with E-state index in [4.69, 9.17) is 0 Å². The molecule has 2 aromatic carbocycles. The van der Waals surface area contributed by atoms with Gasteiger partial charge in [-0.3, -0.25) is 14.4 Å². The first kappa shape index (κ1) is 27.0. The molecular weight excluding hydrogens is 499 g/mol. The Balaban J connectivity index is 1.97. The van der Waals surface area contributed by atoms with Gasteiger partial charge >= 0.3 is 18.0 Å². The number of benzene rings is 2. The number of amides is 3. The maximum atomic E-state index is 14.4. The summed E-state index contributed by atoms with van der Waals surface area (Å²) in [6.45, 7) is 2.27. The fourth-order valence-electron chi connectivity index (χ4n) is 3.46. The van der Waals surface area contributed by atoms with Gasteiger partial charge in [0.2, 0.25) is 5.91 Å². The molecule has 194 valence electrons. The van der Waals surface area contributed by atoms with Crippen molar-refractivity contribution in [3.05, 3.63) is 58.7 Å². The summed E-state index contributed by atoms with van der Waals surface area (Å²) < 4.78 is 92.7. The highest BCUT2D eigenvalue weighted by molar-refractivity contribution is 6.16. The van der Waals surface area contributed by atoms with Crippen molar-refractivity contribution in [2.75, 3.05) is 10.6 Å². The monoisotopic (exact) mass is 519 g/mol. The molecule has 0 radical (unpaired) electrons. The van der Waals surface area contributed by atoms with Crippen LogP contribution in [0.2, 0.25) is 0 Å². The van der Waals surface area contributed by atoms with Gasteiger partial charge < -0.3 is 16.0 Å². The van der Waals surface area contributed by atoms with Crippen LogP contribution in [0.4, 0.5) is 42.1 Å². The molecule has 3 N–H and O–H groups in total. The Morgan fingerprint density at radius 1 is 0.833 bits per heavy atom. The highest BCUT2D eigenvalue weighted by Gasteiger charge is 2.73. The average Bonchev–Trinajstić information content (AvgIpc) is 3.56. The Morgan fingerprint density at radius 3 is 1.94 bits per heavy atom. The van der Waals surface area contributed by atoms with Gasteiger partial charge in [0.1, 0.15) is 0 Å². The number of halogens is 7. The van der Waals surface area contributed by atoms with Crippen molar-refractivity contribution in [1.82, 2.24) is 5.32 Å². The number of rotatable bonds is 6. The van der Waals surface area contributed by atoms with Crippen molar-refractivity contribution < 1.29 is 45.1 Å². The molecule has 36 heavy (non-hydrogen) atoms. The molecule has 0 spiro atoms. The number of nitrogens with one attached hydrogen (secondary N) is 3. The minimum atomic E-state index is -6.28. The molecule has 1 fully saturated rings. The van der Waals surface area contributed by atoms with Crippen LogP contribution in [0.5, 0.6) is 0 Å². The number of alkyl halides is 7. The third kappa shape index (κ3) is 5.29. The van der Waals surface area contributed by atoms with Crippen LogP contribution in [-0.2, 0) is 10.5 Å². The van der Waals surface area contributed by atoms with E-state index in [0.29, 0.717) is 12.1 Å². The summed E-state index contributed by atoms with van der Waals surface area (Å²) >= 11 is 0. The van der Waals surface area contributed by atoms with E-state index in [-0.39, 0.29) is 40.2 Å². The van der Waals surface area contributed by atoms with Crippen LogP contribution in [0.25, 0.3) is 0 Å². The van der Waals surface area contributed by atoms with Gasteiger partial charge in [-0.25, -0.2) is 4.39 Å². The zero-order chi connectivity index (χ0) is 27.1. The minimum Gasteiger partial charge on any atom is -0.349 e. The van der Waals surface area contributed by atoms with Gasteiger partial charge in [0, 0.05) is 24.2 Å². The first-order chi connectivity index (χ1) is 16.6. The van der Waals surface area contributed by atoms with Crippen molar-refractivity contribution in [3.63, 3.8) is 0 Å². The lowest BCUT2D eigenvalue weighted by molar-refractivity contribution is -0.348. The van der Waals surface area contributed by atoms with E-state index in [2.05, 4.69) is 16.0 Å². The molecule has 0 unspecified atom stereocenters. The summed E-state index contributed by atoms with van der Waals surface area (Å²) in [5, 5.41) is 7.43. The predicted octanol–water partition coefficient (Wildman–Crippen LogP) is 5.39. The molecule has 2 aromatic rings. The molecule has 3 rings (SSSR count). The Labute approximate surface area is 200 Å². The van der Waals surface area contributed by atoms with Crippen LogP contribution in [0.3, 0.4) is 0 Å². The number of anilines is 2. The van der Waals surface area contributed by atoms with Gasteiger partial charge in [-0.15, -0.1) is 0 Å². The largest absolute Gasteiger partial charge is 0.435 e. The van der Waals surface area contributed by atoms with Gasteiger partial charge in [0.05, 0.1) is 16.8 Å². The molecular formula is C23H20F7N3O3. The third-order valence-corrected chi connectivity index (χ3v) is 5.41. The summed E-state index contributed by atoms with van der Waals surface area (Å²) in [4.78, 5) is 37.3. The third-order valence-electron chi connectivity index (χ3n) is 5.41. The standard InChI is InChI=1S/C23H20F7N3O3/c1-11-10-13(21(24,22(25,26)27)23(28,29)30)6-9-16(11)33-19(35)15-4-3-5-17(31-12(2)34)18(15)20(36)32-14-7-8-14/h3-6,9-10,14H,7-8H2,1-2H3,(H,31,34)(H,32,36)(H,33,35). The smallest absolute Gasteiger partial charge is 0.349 e. The number of carbonyl (C=O) groups is 3. The molecule has 0 aliphatic heterocycles. The molecule has 3 amide bonds. The summed E-state index contributed by atoms with van der Waals surface area (Å²) in [7, 11) is 0. The molecule has 0 saturated heterocycles. The molecule has 1 aliphatic carbocycles. The maximum Gasteiger partial charge on any atom is 0.435 e. The van der Waals surface area contributed by atoms with E-state index in [1.54, 1.807) is 0 Å². The van der Waals surface area contributed by atoms with Gasteiger partial charge in [0.25, 0.3) is 11.8 Å². The maximum absolute atomic E-state index is 14.4. The van der Waals surface area contributed by atoms with Gasteiger partial charge in [-0.05, 0) is 43.5 Å². The first-order valence-electron chi connectivity index (χ1n) is 10.5. The van der Waals surface area contributed by atoms with Gasteiger partial charge in [-0.1, -0.05) is 18.2 Å². The fraction of sp³-hybridized carbons (Fsp3) is 0.348. The van der Waals surface area contributed by atoms with Crippen LogP contribution in [0.1, 0.15) is 51.6 Å². The molecule has 6 nitrogen and oxygen atoms in total. The second kappa shape index (κ2) is 9.43. The zero-order valence-electron chi connectivity index (χ0n) is 18.8. The van der Waals surface area contributed by atoms with E-state index >= 15 is 0 Å². The molecule has 0 atom stereocenters. The van der Waals surface area contributed by atoms with Crippen LogP contribution < -0.4 is 16.0 Å². The quantitative estimate of drug-likeness (QED) is 0.448. The SMILES string of the molecule is CC(=O)Nc1cccc(C(=O)Nc2ccc(C(F)(C(F)(F)F)C(F)(F)F)cc2C)c1C(=O)NC1CC1. The number of hydrogen-bond acceptors (Lipinski definition) is 3. The zero-order valence-corrected chi connectivity index (χ0v) is 18.8. The van der Waals surface area contributed by atoms with Crippen LogP contribution in [0.15, 0.2) is 36.4 Å². The van der Waals surface area contributed by atoms with Crippen molar-refractivity contribution >= 4 is 29.1 Å². The second-order valence-corrected chi connectivity index (χ2v) is 8.29. The van der Waals surface area contributed by atoms with E-state index in [9.17, 15) is 45.1 Å². The molecule has 1 saturated carbocycles. The predicted molar refractivity (Wildman–Crippen MR) is 115 cm³/mol. The van der Waals surface area contributed by atoms with E-state index in [1.165, 1.54) is 25.1 Å². The Morgan fingerprint density at radius 2 is 1.44 bits per heavy atom. The molecule has 0 heterocycles. The first-order valence-corrected chi connectivity index (χ1v) is 10.5. The lowest BCUT2D eigenvalue weighted by atomic mass is 9.92. The highest BCUT2D eigenvalue weighted by atomic mass is 19.4. The van der Waals surface area contributed by atoms with Crippen molar-refractivity contribution in [2.24, 2.45) is 0 Å². The fourth-order valence-corrected chi connectivity index (χ4v) is 3.46. The molecule has 0 bridgehead atoms. The van der Waals surface area contributed by atoms with Crippen molar-refractivity contribution in [2.45, 2.75) is 50.8 Å². The number of carbonyl (C=O) groups excluding carboxylic acids is 3. The van der Waals surface area contributed by atoms with Gasteiger partial charge in [0.15, 0.2) is 0 Å².